The summed E-state index contributed by atoms with van der Waals surface area (Å²) in [6.07, 6.45) is -0.458. The van der Waals surface area contributed by atoms with Gasteiger partial charge < -0.3 is 23.8 Å². The summed E-state index contributed by atoms with van der Waals surface area (Å²) >= 11 is 0. The Morgan fingerprint density at radius 1 is 0.909 bits per heavy atom. The molecule has 178 valence electrons. The summed E-state index contributed by atoms with van der Waals surface area (Å²) in [5.41, 5.74) is 0.596. The number of carbonyl (C=O) groups excluding carboxylic acids is 3. The van der Waals surface area contributed by atoms with Crippen molar-refractivity contribution in [2.45, 2.75) is 38.9 Å². The van der Waals surface area contributed by atoms with E-state index in [4.69, 9.17) is 18.9 Å². The second kappa shape index (κ2) is 11.4. The lowest BCUT2D eigenvalue weighted by atomic mass is 10.1. The first kappa shape index (κ1) is 25.7. The zero-order chi connectivity index (χ0) is 24.6. The van der Waals surface area contributed by atoms with Gasteiger partial charge in [0.15, 0.2) is 0 Å². The smallest absolute Gasteiger partial charge is 0.410 e. The van der Waals surface area contributed by atoms with Crippen molar-refractivity contribution in [2.75, 3.05) is 27.8 Å². The number of amides is 1. The van der Waals surface area contributed by atoms with Gasteiger partial charge in [0.1, 0.15) is 17.5 Å². The summed E-state index contributed by atoms with van der Waals surface area (Å²) < 4.78 is 21.2. The zero-order valence-corrected chi connectivity index (χ0v) is 19.9. The van der Waals surface area contributed by atoms with Gasteiger partial charge in [-0.1, -0.05) is 30.3 Å². The van der Waals surface area contributed by atoms with Crippen LogP contribution in [0.15, 0.2) is 48.5 Å². The largest absolute Gasteiger partial charge is 0.486 e. The molecule has 0 bridgehead atoms. The summed E-state index contributed by atoms with van der Waals surface area (Å²) in [6.45, 7) is 5.78. The minimum Gasteiger partial charge on any atom is -0.486 e. The van der Waals surface area contributed by atoms with Crippen LogP contribution in [0.5, 0.6) is 5.75 Å². The number of rotatable bonds is 8. The van der Waals surface area contributed by atoms with Gasteiger partial charge in [0.2, 0.25) is 0 Å². The van der Waals surface area contributed by atoms with Gasteiger partial charge in [-0.2, -0.15) is 0 Å². The quantitative estimate of drug-likeness (QED) is 0.421. The fraction of sp³-hybridized carbons (Fsp3) is 0.400. The van der Waals surface area contributed by atoms with Crippen LogP contribution in [-0.4, -0.2) is 56.3 Å². The summed E-state index contributed by atoms with van der Waals surface area (Å²) in [5, 5.41) is 0. The lowest BCUT2D eigenvalue weighted by molar-refractivity contribution is 0.0277. The van der Waals surface area contributed by atoms with Crippen LogP contribution in [0.1, 0.15) is 59.6 Å². The monoisotopic (exact) mass is 457 g/mol. The first-order valence-electron chi connectivity index (χ1n) is 10.5. The molecule has 0 N–H and O–H groups in total. The third kappa shape index (κ3) is 7.82. The first-order chi connectivity index (χ1) is 15.5. The molecule has 2 aromatic rings. The second-order valence-electron chi connectivity index (χ2n) is 8.44. The molecule has 33 heavy (non-hydrogen) atoms. The molecule has 0 heterocycles. The van der Waals surface area contributed by atoms with E-state index < -0.39 is 29.7 Å². The Morgan fingerprint density at radius 3 is 1.94 bits per heavy atom. The van der Waals surface area contributed by atoms with Gasteiger partial charge in [-0.05, 0) is 44.5 Å². The molecular weight excluding hydrogens is 426 g/mol. The van der Waals surface area contributed by atoms with Crippen molar-refractivity contribution in [3.05, 3.63) is 65.2 Å². The van der Waals surface area contributed by atoms with Gasteiger partial charge >= 0.3 is 18.0 Å². The molecule has 1 unspecified atom stereocenters. The number of esters is 2. The number of methoxy groups -OCH3 is 2. The second-order valence-corrected chi connectivity index (χ2v) is 8.44. The average Bonchev–Trinajstić information content (AvgIpc) is 2.79. The summed E-state index contributed by atoms with van der Waals surface area (Å²) in [5.74, 6) is -0.912. The molecule has 2 rings (SSSR count). The SMILES string of the molecule is COC(=O)c1cc(OC(CCN(C)C(=O)OC(C)(C)C)c2ccccc2)cc(C(=O)OC)c1. The molecule has 2 aromatic carbocycles. The molecule has 8 nitrogen and oxygen atoms in total. The predicted molar refractivity (Wildman–Crippen MR) is 122 cm³/mol. The minimum atomic E-state index is -0.605. The van der Waals surface area contributed by atoms with E-state index in [-0.39, 0.29) is 11.1 Å². The lowest BCUT2D eigenvalue weighted by Crippen LogP contribution is -2.35. The highest BCUT2D eigenvalue weighted by atomic mass is 16.6. The van der Waals surface area contributed by atoms with Gasteiger partial charge in [-0.15, -0.1) is 0 Å². The van der Waals surface area contributed by atoms with E-state index in [1.807, 2.05) is 51.1 Å². The van der Waals surface area contributed by atoms with Crippen LogP contribution in [0.4, 0.5) is 4.79 Å². The fourth-order valence-corrected chi connectivity index (χ4v) is 3.01. The van der Waals surface area contributed by atoms with Crippen molar-refractivity contribution in [1.82, 2.24) is 4.90 Å². The van der Waals surface area contributed by atoms with E-state index in [0.717, 1.165) is 5.56 Å². The molecule has 0 saturated carbocycles. The standard InChI is InChI=1S/C25H31NO7/c1-25(2,3)33-24(29)26(4)13-12-21(17-10-8-7-9-11-17)32-20-15-18(22(27)30-5)14-19(16-20)23(28)31-6/h7-11,14-16,21H,12-13H2,1-6H3. The fourth-order valence-electron chi connectivity index (χ4n) is 3.01. The lowest BCUT2D eigenvalue weighted by Gasteiger charge is -2.26. The van der Waals surface area contributed by atoms with Crippen molar-refractivity contribution in [2.24, 2.45) is 0 Å². The number of ether oxygens (including phenoxy) is 4. The Balaban J connectivity index is 2.30. The van der Waals surface area contributed by atoms with Crippen molar-refractivity contribution in [3.63, 3.8) is 0 Å². The molecule has 0 spiro atoms. The van der Waals surface area contributed by atoms with Crippen LogP contribution >= 0.6 is 0 Å². The first-order valence-corrected chi connectivity index (χ1v) is 10.5. The molecule has 0 aromatic heterocycles. The molecule has 1 atom stereocenters. The molecule has 8 heteroatoms. The zero-order valence-electron chi connectivity index (χ0n) is 19.9. The van der Waals surface area contributed by atoms with E-state index in [2.05, 4.69) is 0 Å². The summed E-state index contributed by atoms with van der Waals surface area (Å²) in [6, 6.07) is 13.9. The van der Waals surface area contributed by atoms with Crippen molar-refractivity contribution in [1.29, 1.82) is 0 Å². The summed E-state index contributed by atoms with van der Waals surface area (Å²) in [4.78, 5) is 38.0. The Labute approximate surface area is 194 Å². The van der Waals surface area contributed by atoms with Gasteiger partial charge in [0.05, 0.1) is 25.3 Å². The van der Waals surface area contributed by atoms with Gasteiger partial charge in [-0.25, -0.2) is 14.4 Å². The molecule has 0 fully saturated rings. The highest BCUT2D eigenvalue weighted by Gasteiger charge is 2.22. The maximum Gasteiger partial charge on any atom is 0.410 e. The molecule has 0 aliphatic heterocycles. The highest BCUT2D eigenvalue weighted by molar-refractivity contribution is 5.96. The Morgan fingerprint density at radius 2 is 1.45 bits per heavy atom. The topological polar surface area (TPSA) is 91.4 Å². The molecular formula is C25H31NO7. The maximum atomic E-state index is 12.3. The van der Waals surface area contributed by atoms with Gasteiger partial charge in [0.25, 0.3) is 0 Å². The Bertz CT molecular complexity index is 932. The van der Waals surface area contributed by atoms with Crippen LogP contribution in [0, 0.1) is 0 Å². The van der Waals surface area contributed by atoms with Crippen LogP contribution in [0.25, 0.3) is 0 Å². The number of hydrogen-bond acceptors (Lipinski definition) is 7. The summed E-state index contributed by atoms with van der Waals surface area (Å²) in [7, 11) is 4.17. The molecule has 1 amide bonds. The maximum absolute atomic E-state index is 12.3. The number of carbonyl (C=O) groups is 3. The van der Waals surface area contributed by atoms with Gasteiger partial charge in [-0.3, -0.25) is 0 Å². The van der Waals surface area contributed by atoms with Gasteiger partial charge in [0, 0.05) is 20.0 Å². The Kier molecular flexibility index (Phi) is 8.85. The normalized spacial score (nSPS) is 11.8. The number of benzene rings is 2. The minimum absolute atomic E-state index is 0.160. The number of nitrogens with zero attached hydrogens (tertiary/aromatic N) is 1. The predicted octanol–water partition coefficient (Wildman–Crippen LogP) is 4.64. The number of hydrogen-bond donors (Lipinski definition) is 0. The molecule has 0 aliphatic carbocycles. The van der Waals surface area contributed by atoms with E-state index in [9.17, 15) is 14.4 Å². The molecule has 0 aliphatic rings. The van der Waals surface area contributed by atoms with Crippen LogP contribution in [0.3, 0.4) is 0 Å². The van der Waals surface area contributed by atoms with E-state index in [1.54, 1.807) is 7.05 Å². The van der Waals surface area contributed by atoms with E-state index in [1.165, 1.54) is 37.3 Å². The van der Waals surface area contributed by atoms with E-state index >= 15 is 0 Å². The van der Waals surface area contributed by atoms with Crippen LogP contribution < -0.4 is 4.74 Å². The highest BCUT2D eigenvalue weighted by Crippen LogP contribution is 2.28. The van der Waals surface area contributed by atoms with Crippen LogP contribution in [-0.2, 0) is 14.2 Å². The third-order valence-corrected chi connectivity index (χ3v) is 4.63. The average molecular weight is 458 g/mol. The van der Waals surface area contributed by atoms with E-state index in [0.29, 0.717) is 18.7 Å². The van der Waals surface area contributed by atoms with Crippen LogP contribution in [0.2, 0.25) is 0 Å². The third-order valence-electron chi connectivity index (χ3n) is 4.63. The van der Waals surface area contributed by atoms with Crippen molar-refractivity contribution in [3.8, 4) is 5.75 Å². The molecule has 0 saturated heterocycles. The Hall–Kier alpha value is -3.55. The van der Waals surface area contributed by atoms with Crippen molar-refractivity contribution < 1.29 is 33.3 Å². The van der Waals surface area contributed by atoms with Crippen molar-refractivity contribution >= 4 is 18.0 Å². The molecule has 0 radical (unpaired) electrons.